The number of hydrogen-bond donors (Lipinski definition) is 3. The van der Waals surface area contributed by atoms with Crippen LogP contribution >= 0.6 is 0 Å². The number of rotatable bonds is 7. The van der Waals surface area contributed by atoms with Crippen LogP contribution in [-0.2, 0) is 9.59 Å². The fourth-order valence-electron chi connectivity index (χ4n) is 2.23. The summed E-state index contributed by atoms with van der Waals surface area (Å²) in [5.41, 5.74) is 0. The lowest BCUT2D eigenvalue weighted by atomic mass is 10.1. The Bertz CT molecular complexity index is 262. The quantitative estimate of drug-likeness (QED) is 0.619. The van der Waals surface area contributed by atoms with Gasteiger partial charge in [0.15, 0.2) is 0 Å². The smallest absolute Gasteiger partial charge is 0.305 e. The van der Waals surface area contributed by atoms with E-state index in [9.17, 15) is 9.59 Å². The lowest BCUT2D eigenvalue weighted by molar-refractivity contribution is -0.137. The van der Waals surface area contributed by atoms with Crippen LogP contribution in [0.25, 0.3) is 0 Å². The van der Waals surface area contributed by atoms with Crippen molar-refractivity contribution in [2.24, 2.45) is 0 Å². The maximum atomic E-state index is 11.7. The van der Waals surface area contributed by atoms with E-state index in [0.717, 1.165) is 32.2 Å². The van der Waals surface area contributed by atoms with Gasteiger partial charge in [0, 0.05) is 18.5 Å². The van der Waals surface area contributed by atoms with Crippen molar-refractivity contribution in [1.29, 1.82) is 0 Å². The van der Waals surface area contributed by atoms with E-state index in [1.165, 1.54) is 0 Å². The Morgan fingerprint density at radius 2 is 2.29 bits per heavy atom. The van der Waals surface area contributed by atoms with E-state index in [2.05, 4.69) is 10.6 Å². The molecule has 1 heterocycles. The number of hydrogen-bond acceptors (Lipinski definition) is 3. The van der Waals surface area contributed by atoms with Gasteiger partial charge in [-0.1, -0.05) is 13.3 Å². The summed E-state index contributed by atoms with van der Waals surface area (Å²) in [7, 11) is 0. The van der Waals surface area contributed by atoms with Gasteiger partial charge >= 0.3 is 5.97 Å². The number of carbonyl (C=O) groups is 2. The zero-order valence-electron chi connectivity index (χ0n) is 10.4. The summed E-state index contributed by atoms with van der Waals surface area (Å²) in [5.74, 6) is -0.896. The molecule has 0 aromatic heterocycles. The van der Waals surface area contributed by atoms with Gasteiger partial charge in [-0.15, -0.1) is 0 Å². The Labute approximate surface area is 102 Å². The molecule has 0 spiro atoms. The number of nitrogens with one attached hydrogen (secondary N) is 2. The van der Waals surface area contributed by atoms with Crippen LogP contribution < -0.4 is 10.6 Å². The molecule has 0 bridgehead atoms. The molecule has 1 aliphatic rings. The van der Waals surface area contributed by atoms with Crippen molar-refractivity contribution in [3.63, 3.8) is 0 Å². The van der Waals surface area contributed by atoms with Crippen molar-refractivity contribution < 1.29 is 14.7 Å². The highest BCUT2D eigenvalue weighted by molar-refractivity contribution is 5.78. The van der Waals surface area contributed by atoms with Gasteiger partial charge in [0.1, 0.15) is 0 Å². The first-order chi connectivity index (χ1) is 8.11. The molecule has 0 aromatic rings. The molecule has 0 saturated carbocycles. The molecule has 5 heteroatoms. The van der Waals surface area contributed by atoms with E-state index in [1.807, 2.05) is 6.92 Å². The highest BCUT2D eigenvalue weighted by atomic mass is 16.4. The van der Waals surface area contributed by atoms with Gasteiger partial charge in [-0.25, -0.2) is 0 Å². The SMILES string of the molecule is CCCC(CC(=O)O)NC(=O)CC1CCCN1. The molecule has 98 valence electrons. The minimum Gasteiger partial charge on any atom is -0.481 e. The Hall–Kier alpha value is -1.10. The third kappa shape index (κ3) is 5.68. The van der Waals surface area contributed by atoms with Crippen molar-refractivity contribution in [2.45, 2.75) is 57.5 Å². The van der Waals surface area contributed by atoms with Gasteiger partial charge in [0.25, 0.3) is 0 Å². The van der Waals surface area contributed by atoms with Crippen molar-refractivity contribution in [3.8, 4) is 0 Å². The summed E-state index contributed by atoms with van der Waals surface area (Å²) in [6.45, 7) is 2.96. The van der Waals surface area contributed by atoms with Crippen LogP contribution in [0.1, 0.15) is 45.4 Å². The number of carboxylic acid groups (broad SMARTS) is 1. The fourth-order valence-corrected chi connectivity index (χ4v) is 2.23. The molecule has 2 unspecified atom stereocenters. The van der Waals surface area contributed by atoms with Gasteiger partial charge in [0.05, 0.1) is 6.42 Å². The lowest BCUT2D eigenvalue weighted by Crippen LogP contribution is -2.39. The number of carbonyl (C=O) groups excluding carboxylic acids is 1. The Balaban J connectivity index is 2.31. The lowest BCUT2D eigenvalue weighted by Gasteiger charge is -2.17. The molecule has 1 saturated heterocycles. The molecule has 1 aliphatic heterocycles. The molecule has 1 fully saturated rings. The fraction of sp³-hybridized carbons (Fsp3) is 0.833. The van der Waals surface area contributed by atoms with E-state index >= 15 is 0 Å². The van der Waals surface area contributed by atoms with Gasteiger partial charge < -0.3 is 15.7 Å². The second kappa shape index (κ2) is 7.27. The predicted molar refractivity (Wildman–Crippen MR) is 64.7 cm³/mol. The number of carboxylic acids is 1. The maximum absolute atomic E-state index is 11.7. The minimum absolute atomic E-state index is 0.0116. The largest absolute Gasteiger partial charge is 0.481 e. The Morgan fingerprint density at radius 3 is 2.82 bits per heavy atom. The molecule has 0 radical (unpaired) electrons. The summed E-state index contributed by atoms with van der Waals surface area (Å²) in [4.78, 5) is 22.4. The Kier molecular flexibility index (Phi) is 5.97. The topological polar surface area (TPSA) is 78.4 Å². The second-order valence-electron chi connectivity index (χ2n) is 4.65. The van der Waals surface area contributed by atoms with E-state index in [4.69, 9.17) is 5.11 Å². The predicted octanol–water partition coefficient (Wildman–Crippen LogP) is 0.888. The van der Waals surface area contributed by atoms with E-state index in [0.29, 0.717) is 6.42 Å². The summed E-state index contributed by atoms with van der Waals surface area (Å²) < 4.78 is 0. The van der Waals surface area contributed by atoms with Gasteiger partial charge in [-0.3, -0.25) is 9.59 Å². The molecule has 3 N–H and O–H groups in total. The third-order valence-corrected chi connectivity index (χ3v) is 3.02. The van der Waals surface area contributed by atoms with Crippen LogP contribution in [0.3, 0.4) is 0 Å². The van der Waals surface area contributed by atoms with E-state index in [1.54, 1.807) is 0 Å². The molecular weight excluding hydrogens is 220 g/mol. The second-order valence-corrected chi connectivity index (χ2v) is 4.65. The van der Waals surface area contributed by atoms with Gasteiger partial charge in [0.2, 0.25) is 5.91 Å². The van der Waals surface area contributed by atoms with Gasteiger partial charge in [-0.05, 0) is 25.8 Å². The molecule has 1 amide bonds. The van der Waals surface area contributed by atoms with Crippen molar-refractivity contribution in [1.82, 2.24) is 10.6 Å². The Morgan fingerprint density at radius 1 is 1.53 bits per heavy atom. The molecule has 5 nitrogen and oxygen atoms in total. The number of amides is 1. The minimum atomic E-state index is -0.859. The van der Waals surface area contributed by atoms with Crippen LogP contribution in [-0.4, -0.2) is 35.6 Å². The zero-order chi connectivity index (χ0) is 12.7. The molecule has 2 atom stereocenters. The van der Waals surface area contributed by atoms with E-state index < -0.39 is 5.97 Å². The summed E-state index contributed by atoms with van der Waals surface area (Å²) in [5, 5.41) is 14.8. The van der Waals surface area contributed by atoms with Crippen LogP contribution in [0.5, 0.6) is 0 Å². The standard InChI is InChI=1S/C12H22N2O3/c1-2-4-10(8-12(16)17)14-11(15)7-9-5-3-6-13-9/h9-10,13H,2-8H2,1H3,(H,14,15)(H,16,17). The average Bonchev–Trinajstić information content (AvgIpc) is 2.69. The van der Waals surface area contributed by atoms with Crippen LogP contribution in [0.4, 0.5) is 0 Å². The van der Waals surface area contributed by atoms with Crippen molar-refractivity contribution in [3.05, 3.63) is 0 Å². The summed E-state index contributed by atoms with van der Waals surface area (Å²) in [6, 6.07) is 0.0357. The van der Waals surface area contributed by atoms with Crippen LogP contribution in [0.2, 0.25) is 0 Å². The first-order valence-electron chi connectivity index (χ1n) is 6.36. The zero-order valence-corrected chi connectivity index (χ0v) is 10.4. The first-order valence-corrected chi connectivity index (χ1v) is 6.36. The van der Waals surface area contributed by atoms with Crippen LogP contribution in [0.15, 0.2) is 0 Å². The molecule has 0 aromatic carbocycles. The monoisotopic (exact) mass is 242 g/mol. The molecule has 0 aliphatic carbocycles. The van der Waals surface area contributed by atoms with Crippen molar-refractivity contribution >= 4 is 11.9 Å². The average molecular weight is 242 g/mol. The first kappa shape index (κ1) is 14.0. The molecular formula is C12H22N2O3. The molecule has 17 heavy (non-hydrogen) atoms. The van der Waals surface area contributed by atoms with Gasteiger partial charge in [-0.2, -0.15) is 0 Å². The summed E-state index contributed by atoms with van der Waals surface area (Å²) in [6.07, 6.45) is 4.21. The third-order valence-electron chi connectivity index (χ3n) is 3.02. The molecule has 1 rings (SSSR count). The van der Waals surface area contributed by atoms with Crippen molar-refractivity contribution in [2.75, 3.05) is 6.54 Å². The van der Waals surface area contributed by atoms with E-state index in [-0.39, 0.29) is 24.4 Å². The normalized spacial score (nSPS) is 21.1. The van der Waals surface area contributed by atoms with Crippen LogP contribution in [0, 0.1) is 0 Å². The summed E-state index contributed by atoms with van der Waals surface area (Å²) >= 11 is 0. The number of aliphatic carboxylic acids is 1. The highest BCUT2D eigenvalue weighted by Gasteiger charge is 2.20. The highest BCUT2D eigenvalue weighted by Crippen LogP contribution is 2.09. The maximum Gasteiger partial charge on any atom is 0.305 e.